The van der Waals surface area contributed by atoms with Gasteiger partial charge in [0.05, 0.1) is 28.7 Å². The molecule has 1 saturated carbocycles. The zero-order valence-corrected chi connectivity index (χ0v) is 20.7. The van der Waals surface area contributed by atoms with Gasteiger partial charge in [0.1, 0.15) is 17.6 Å². The summed E-state index contributed by atoms with van der Waals surface area (Å²) in [7, 11) is 0. The number of fused-ring (bicyclic) bond motifs is 5. The Bertz CT molecular complexity index is 1460. The molecule has 1 fully saturated rings. The number of aryl methyl sites for hydroxylation is 1. The van der Waals surface area contributed by atoms with Crippen LogP contribution in [0.3, 0.4) is 0 Å². The lowest BCUT2D eigenvalue weighted by Gasteiger charge is -2.37. The van der Waals surface area contributed by atoms with Gasteiger partial charge in [-0.2, -0.15) is 15.3 Å². The highest BCUT2D eigenvalue weighted by atomic mass is 19.1. The lowest BCUT2D eigenvalue weighted by molar-refractivity contribution is 0.164. The summed E-state index contributed by atoms with van der Waals surface area (Å²) in [6.07, 6.45) is 5.08. The number of benzene rings is 1. The average molecular weight is 486 g/mol. The molecule has 2 N–H and O–H groups in total. The molecule has 1 aromatic carbocycles. The van der Waals surface area contributed by atoms with E-state index in [1.165, 1.54) is 6.07 Å². The van der Waals surface area contributed by atoms with Crippen LogP contribution in [0.5, 0.6) is 0 Å². The van der Waals surface area contributed by atoms with Crippen LogP contribution in [0.15, 0.2) is 36.7 Å². The first-order valence-electron chi connectivity index (χ1n) is 12.3. The number of aromatic amines is 1. The maximum absolute atomic E-state index is 14.7. The van der Waals surface area contributed by atoms with Gasteiger partial charge in [0.25, 0.3) is 0 Å². The van der Waals surface area contributed by atoms with Crippen molar-refractivity contribution in [1.29, 1.82) is 0 Å². The fraction of sp³-hybridized carbons (Fsp3) is 0.407. The van der Waals surface area contributed by atoms with Crippen LogP contribution in [0, 0.1) is 18.2 Å². The zero-order chi connectivity index (χ0) is 25.2. The summed E-state index contributed by atoms with van der Waals surface area (Å²) >= 11 is 0. The maximum atomic E-state index is 14.7. The van der Waals surface area contributed by atoms with E-state index in [0.29, 0.717) is 35.0 Å². The van der Waals surface area contributed by atoms with Gasteiger partial charge in [-0.15, -0.1) is 0 Å². The number of aliphatic hydroxyl groups excluding tert-OH is 1. The number of aromatic nitrogens is 7. The van der Waals surface area contributed by atoms with Crippen molar-refractivity contribution in [1.82, 2.24) is 35.3 Å². The molecule has 36 heavy (non-hydrogen) atoms. The highest BCUT2D eigenvalue weighted by Crippen LogP contribution is 2.69. The Hall–Kier alpha value is -3.59. The molecule has 4 aromatic rings. The van der Waals surface area contributed by atoms with E-state index in [0.717, 1.165) is 35.4 Å². The van der Waals surface area contributed by atoms with Crippen molar-refractivity contribution < 1.29 is 9.50 Å². The monoisotopic (exact) mass is 485 g/mol. The van der Waals surface area contributed by atoms with Crippen molar-refractivity contribution >= 4 is 0 Å². The summed E-state index contributed by atoms with van der Waals surface area (Å²) in [5.41, 5.74) is 4.60. The van der Waals surface area contributed by atoms with Gasteiger partial charge in [-0.1, -0.05) is 32.9 Å². The fourth-order valence-corrected chi connectivity index (χ4v) is 6.38. The number of hydrogen-bond acceptors (Lipinski definition) is 7. The van der Waals surface area contributed by atoms with Crippen LogP contribution in [0.25, 0.3) is 22.8 Å². The Morgan fingerprint density at radius 3 is 2.78 bits per heavy atom. The van der Waals surface area contributed by atoms with Gasteiger partial charge in [-0.25, -0.2) is 14.4 Å². The van der Waals surface area contributed by atoms with E-state index in [1.54, 1.807) is 18.5 Å². The molecule has 2 aliphatic rings. The largest absolute Gasteiger partial charge is 0.385 e. The summed E-state index contributed by atoms with van der Waals surface area (Å²) in [6, 6.07) is 7.08. The van der Waals surface area contributed by atoms with Crippen LogP contribution in [0.1, 0.15) is 80.4 Å². The summed E-state index contributed by atoms with van der Waals surface area (Å²) in [4.78, 5) is 13.9. The summed E-state index contributed by atoms with van der Waals surface area (Å²) in [5, 5.41) is 26.4. The van der Waals surface area contributed by atoms with E-state index in [-0.39, 0.29) is 17.2 Å². The van der Waals surface area contributed by atoms with Crippen LogP contribution >= 0.6 is 0 Å². The highest BCUT2D eigenvalue weighted by Gasteiger charge is 2.65. The molecule has 0 aliphatic heterocycles. The molecule has 3 atom stereocenters. The second-order valence-corrected chi connectivity index (χ2v) is 10.4. The Morgan fingerprint density at radius 1 is 1.17 bits per heavy atom. The molecule has 2 bridgehead atoms. The molecule has 2 aliphatic carbocycles. The van der Waals surface area contributed by atoms with E-state index in [2.05, 4.69) is 39.1 Å². The standard InChI is InChI=1S/C27H28FN7O/c1-5-20(36)25-31-24(34-35-25)19-12-29-13-21(30-19)27-10-9-16(26(27,3)4)15-11-18(32-33-23(15)27)22-14(2)7-6-8-17(22)28/h6-8,11-13,16,20,36H,5,9-10H2,1-4H3,(H,31,34,35)/t16-,20+,27-/m0/s1. The van der Waals surface area contributed by atoms with Crippen LogP contribution in [-0.4, -0.2) is 40.5 Å². The Morgan fingerprint density at radius 2 is 2.00 bits per heavy atom. The molecule has 6 rings (SSSR count). The molecule has 184 valence electrons. The molecule has 0 unspecified atom stereocenters. The third kappa shape index (κ3) is 3.01. The smallest absolute Gasteiger partial charge is 0.179 e. The van der Waals surface area contributed by atoms with E-state index < -0.39 is 11.5 Å². The molecule has 0 radical (unpaired) electrons. The van der Waals surface area contributed by atoms with Gasteiger partial charge in [-0.05, 0) is 60.8 Å². The highest BCUT2D eigenvalue weighted by molar-refractivity contribution is 5.66. The molecule has 8 nitrogen and oxygen atoms in total. The molecule has 3 heterocycles. The molecule has 0 saturated heterocycles. The third-order valence-corrected chi connectivity index (χ3v) is 8.36. The van der Waals surface area contributed by atoms with Crippen molar-refractivity contribution in [3.8, 4) is 22.8 Å². The molecule has 9 heteroatoms. The van der Waals surface area contributed by atoms with Crippen molar-refractivity contribution in [3.63, 3.8) is 0 Å². The maximum Gasteiger partial charge on any atom is 0.179 e. The Balaban J connectivity index is 1.47. The Kier molecular flexibility index (Phi) is 5.05. The predicted octanol–water partition coefficient (Wildman–Crippen LogP) is 4.81. The fourth-order valence-electron chi connectivity index (χ4n) is 6.38. The molecule has 0 amide bonds. The van der Waals surface area contributed by atoms with Gasteiger partial charge < -0.3 is 5.11 Å². The quantitative estimate of drug-likeness (QED) is 0.417. The number of aliphatic hydroxyl groups is 1. The van der Waals surface area contributed by atoms with Gasteiger partial charge in [-0.3, -0.25) is 10.1 Å². The second kappa shape index (κ2) is 7.96. The number of nitrogens with one attached hydrogen (secondary N) is 1. The summed E-state index contributed by atoms with van der Waals surface area (Å²) in [6.45, 7) is 8.26. The number of nitrogens with zero attached hydrogens (tertiary/aromatic N) is 6. The van der Waals surface area contributed by atoms with E-state index >= 15 is 0 Å². The Labute approximate surface area is 208 Å². The van der Waals surface area contributed by atoms with E-state index in [4.69, 9.17) is 10.1 Å². The molecular formula is C27H28FN7O. The average Bonchev–Trinajstić information content (AvgIpc) is 3.52. The van der Waals surface area contributed by atoms with Crippen molar-refractivity contribution in [3.05, 3.63) is 70.8 Å². The number of rotatable bonds is 5. The van der Waals surface area contributed by atoms with E-state index in [9.17, 15) is 9.50 Å². The van der Waals surface area contributed by atoms with E-state index in [1.807, 2.05) is 26.0 Å². The first kappa shape index (κ1) is 22.8. The minimum atomic E-state index is -0.733. The minimum Gasteiger partial charge on any atom is -0.385 e. The molecule has 3 aromatic heterocycles. The van der Waals surface area contributed by atoms with Crippen LogP contribution in [0.2, 0.25) is 0 Å². The lowest BCUT2D eigenvalue weighted by Crippen LogP contribution is -2.38. The summed E-state index contributed by atoms with van der Waals surface area (Å²) in [5.74, 6) is 0.757. The first-order chi connectivity index (χ1) is 17.3. The van der Waals surface area contributed by atoms with Gasteiger partial charge in [0.2, 0.25) is 0 Å². The normalized spacial score (nSPS) is 22.6. The van der Waals surface area contributed by atoms with Crippen molar-refractivity contribution in [2.24, 2.45) is 5.41 Å². The SMILES string of the molecule is CC[C@@H](O)c1n[nH]c(-c2cncc([C@@]34CC[C@@H](c5cc(-c6c(C)cccc6F)nnc53)C4(C)C)n2)n1. The second-order valence-electron chi connectivity index (χ2n) is 10.4. The summed E-state index contributed by atoms with van der Waals surface area (Å²) < 4.78 is 14.7. The van der Waals surface area contributed by atoms with Gasteiger partial charge >= 0.3 is 0 Å². The predicted molar refractivity (Wildman–Crippen MR) is 131 cm³/mol. The van der Waals surface area contributed by atoms with Gasteiger partial charge in [0, 0.05) is 11.8 Å². The lowest BCUT2D eigenvalue weighted by atomic mass is 9.66. The first-order valence-corrected chi connectivity index (χ1v) is 12.3. The van der Waals surface area contributed by atoms with Crippen LogP contribution < -0.4 is 0 Å². The van der Waals surface area contributed by atoms with Crippen LogP contribution in [0.4, 0.5) is 4.39 Å². The van der Waals surface area contributed by atoms with Crippen molar-refractivity contribution in [2.45, 2.75) is 64.4 Å². The number of H-pyrrole nitrogens is 1. The number of halogens is 1. The molecular weight excluding hydrogens is 457 g/mol. The van der Waals surface area contributed by atoms with Gasteiger partial charge in [0.15, 0.2) is 11.6 Å². The van der Waals surface area contributed by atoms with Crippen LogP contribution in [-0.2, 0) is 5.41 Å². The van der Waals surface area contributed by atoms with Crippen molar-refractivity contribution in [2.75, 3.05) is 0 Å². The molecule has 0 spiro atoms. The number of hydrogen-bond donors (Lipinski definition) is 2. The zero-order valence-electron chi connectivity index (χ0n) is 20.7. The third-order valence-electron chi connectivity index (χ3n) is 8.36. The topological polar surface area (TPSA) is 113 Å². The minimum absolute atomic E-state index is 0.189.